The topological polar surface area (TPSA) is 35.2 Å². The highest BCUT2D eigenvalue weighted by Crippen LogP contribution is 2.30. The molecule has 0 aromatic heterocycles. The van der Waals surface area contributed by atoms with Crippen LogP contribution in [0.15, 0.2) is 42.5 Å². The normalized spacial score (nSPS) is 10.6. The zero-order valence-electron chi connectivity index (χ0n) is 11.8. The average Bonchev–Trinajstić information content (AvgIpc) is 2.48. The third-order valence-electron chi connectivity index (χ3n) is 3.20. The maximum atomic E-state index is 14.1. The lowest BCUT2D eigenvalue weighted by molar-refractivity contribution is 0.290. The van der Waals surface area contributed by atoms with E-state index in [0.29, 0.717) is 18.2 Å². The first-order chi connectivity index (χ1) is 10.2. The molecule has 0 aliphatic rings. The Bertz CT molecular complexity index is 551. The van der Waals surface area contributed by atoms with Crippen molar-refractivity contribution in [1.82, 2.24) is 0 Å². The molecule has 0 amide bonds. The van der Waals surface area contributed by atoms with E-state index >= 15 is 0 Å². The van der Waals surface area contributed by atoms with Gasteiger partial charge in [-0.1, -0.05) is 41.9 Å². The van der Waals surface area contributed by atoms with Gasteiger partial charge < -0.3 is 10.5 Å². The Labute approximate surface area is 129 Å². The number of hydrogen-bond donors (Lipinski definition) is 1. The summed E-state index contributed by atoms with van der Waals surface area (Å²) in [5, 5.41) is 0.314. The number of benzene rings is 2. The summed E-state index contributed by atoms with van der Waals surface area (Å²) in [5.41, 5.74) is 7.30. The minimum absolute atomic E-state index is 0.114. The first-order valence-corrected chi connectivity index (χ1v) is 7.43. The second-order valence-electron chi connectivity index (χ2n) is 4.91. The minimum Gasteiger partial charge on any atom is -0.484 e. The van der Waals surface area contributed by atoms with Crippen molar-refractivity contribution in [3.05, 3.63) is 64.4 Å². The van der Waals surface area contributed by atoms with Gasteiger partial charge in [-0.25, -0.2) is 4.39 Å². The zero-order chi connectivity index (χ0) is 15.1. The highest BCUT2D eigenvalue weighted by Gasteiger charge is 2.11. The van der Waals surface area contributed by atoms with Crippen LogP contribution in [0.4, 0.5) is 4.39 Å². The Morgan fingerprint density at radius 1 is 1.05 bits per heavy atom. The lowest BCUT2D eigenvalue weighted by Gasteiger charge is -2.11. The molecule has 0 saturated carbocycles. The van der Waals surface area contributed by atoms with E-state index in [2.05, 4.69) is 0 Å². The van der Waals surface area contributed by atoms with Crippen molar-refractivity contribution in [2.45, 2.75) is 25.9 Å². The maximum Gasteiger partial charge on any atom is 0.174 e. The number of ether oxygens (including phenoxy) is 1. The van der Waals surface area contributed by atoms with Crippen molar-refractivity contribution in [3.63, 3.8) is 0 Å². The fourth-order valence-electron chi connectivity index (χ4n) is 2.10. The van der Waals surface area contributed by atoms with Gasteiger partial charge in [-0.2, -0.15) is 0 Å². The molecule has 0 aliphatic heterocycles. The monoisotopic (exact) mass is 307 g/mol. The predicted molar refractivity (Wildman–Crippen MR) is 84.2 cm³/mol. The Morgan fingerprint density at radius 3 is 2.48 bits per heavy atom. The highest BCUT2D eigenvalue weighted by atomic mass is 35.5. The van der Waals surface area contributed by atoms with Crippen molar-refractivity contribution >= 4 is 11.6 Å². The van der Waals surface area contributed by atoms with Gasteiger partial charge in [-0.15, -0.1) is 0 Å². The third kappa shape index (κ3) is 4.73. The van der Waals surface area contributed by atoms with Crippen LogP contribution in [0.3, 0.4) is 0 Å². The van der Waals surface area contributed by atoms with Crippen LogP contribution in [0.5, 0.6) is 5.75 Å². The van der Waals surface area contributed by atoms with Crippen LogP contribution in [0.1, 0.15) is 24.0 Å². The van der Waals surface area contributed by atoms with Crippen LogP contribution < -0.4 is 10.5 Å². The maximum absolute atomic E-state index is 14.1. The molecule has 21 heavy (non-hydrogen) atoms. The summed E-state index contributed by atoms with van der Waals surface area (Å²) in [6.07, 6.45) is 2.62. The van der Waals surface area contributed by atoms with Crippen molar-refractivity contribution in [1.29, 1.82) is 0 Å². The van der Waals surface area contributed by atoms with E-state index < -0.39 is 5.82 Å². The van der Waals surface area contributed by atoms with Crippen LogP contribution in [0, 0.1) is 5.82 Å². The summed E-state index contributed by atoms with van der Waals surface area (Å²) in [6.45, 7) is 0.943. The number of halogens is 2. The molecular formula is C17H19ClFNO. The molecule has 0 atom stereocenters. The van der Waals surface area contributed by atoms with E-state index in [1.165, 1.54) is 6.07 Å². The molecular weight excluding hydrogens is 289 g/mol. The fraction of sp³-hybridized carbons (Fsp3) is 0.294. The van der Waals surface area contributed by atoms with Crippen molar-refractivity contribution < 1.29 is 9.13 Å². The van der Waals surface area contributed by atoms with Crippen LogP contribution in [0.25, 0.3) is 0 Å². The van der Waals surface area contributed by atoms with E-state index in [4.69, 9.17) is 22.1 Å². The van der Waals surface area contributed by atoms with Gasteiger partial charge >= 0.3 is 0 Å². The molecule has 112 valence electrons. The Morgan fingerprint density at radius 2 is 1.81 bits per heavy atom. The van der Waals surface area contributed by atoms with E-state index in [0.717, 1.165) is 30.4 Å². The highest BCUT2D eigenvalue weighted by molar-refractivity contribution is 6.32. The second-order valence-corrected chi connectivity index (χ2v) is 5.32. The number of hydrogen-bond acceptors (Lipinski definition) is 2. The van der Waals surface area contributed by atoms with Gasteiger partial charge in [-0.05, 0) is 49.1 Å². The van der Waals surface area contributed by atoms with Crippen LogP contribution in [-0.4, -0.2) is 6.54 Å². The largest absolute Gasteiger partial charge is 0.484 e. The fourth-order valence-corrected chi connectivity index (χ4v) is 2.38. The Hall–Kier alpha value is -1.58. The van der Waals surface area contributed by atoms with Crippen molar-refractivity contribution in [2.24, 2.45) is 5.73 Å². The summed E-state index contributed by atoms with van der Waals surface area (Å²) in [4.78, 5) is 0. The van der Waals surface area contributed by atoms with E-state index in [9.17, 15) is 4.39 Å². The number of unbranched alkanes of at least 4 members (excludes halogenated alkanes) is 1. The van der Waals surface area contributed by atoms with E-state index in [1.54, 1.807) is 6.07 Å². The molecule has 0 unspecified atom stereocenters. The summed E-state index contributed by atoms with van der Waals surface area (Å²) in [7, 11) is 0. The minimum atomic E-state index is -0.416. The molecule has 0 heterocycles. The number of nitrogens with two attached hydrogens (primary N) is 1. The smallest absolute Gasteiger partial charge is 0.174 e. The van der Waals surface area contributed by atoms with Crippen molar-refractivity contribution in [2.75, 3.05) is 6.54 Å². The molecule has 0 fully saturated rings. The summed E-state index contributed by atoms with van der Waals surface area (Å²) < 4.78 is 19.6. The van der Waals surface area contributed by atoms with Gasteiger partial charge in [-0.3, -0.25) is 0 Å². The molecule has 2 nitrogen and oxygen atoms in total. The molecule has 2 rings (SSSR count). The summed E-state index contributed by atoms with van der Waals surface area (Å²) >= 11 is 6.12. The molecule has 0 aliphatic carbocycles. The molecule has 4 heteroatoms. The molecule has 2 N–H and O–H groups in total. The summed E-state index contributed by atoms with van der Waals surface area (Å²) in [5.74, 6) is -0.302. The second kappa shape index (κ2) is 8.01. The lowest BCUT2D eigenvalue weighted by Crippen LogP contribution is -2.01. The standard InChI is InChI=1S/C17H19ClFNO/c18-15-10-14(8-4-5-9-20)11-16(19)17(15)21-12-13-6-2-1-3-7-13/h1-3,6-7,10-11H,4-5,8-9,12,20H2. The van der Waals surface area contributed by atoms with Gasteiger partial charge in [0.25, 0.3) is 0 Å². The lowest BCUT2D eigenvalue weighted by atomic mass is 10.1. The van der Waals surface area contributed by atoms with E-state index in [-0.39, 0.29) is 5.75 Å². The van der Waals surface area contributed by atoms with Crippen LogP contribution >= 0.6 is 11.6 Å². The number of aryl methyl sites for hydroxylation is 1. The van der Waals surface area contributed by atoms with Gasteiger partial charge in [0, 0.05) is 0 Å². The SMILES string of the molecule is NCCCCc1cc(F)c(OCc2ccccc2)c(Cl)c1. The molecule has 2 aromatic carbocycles. The quantitative estimate of drug-likeness (QED) is 0.772. The molecule has 0 saturated heterocycles. The molecule has 0 radical (unpaired) electrons. The van der Waals surface area contributed by atoms with E-state index in [1.807, 2.05) is 30.3 Å². The third-order valence-corrected chi connectivity index (χ3v) is 3.48. The molecule has 2 aromatic rings. The van der Waals surface area contributed by atoms with Crippen LogP contribution in [-0.2, 0) is 13.0 Å². The first kappa shape index (κ1) is 15.8. The zero-order valence-corrected chi connectivity index (χ0v) is 12.6. The number of rotatable bonds is 7. The van der Waals surface area contributed by atoms with Crippen molar-refractivity contribution in [3.8, 4) is 5.75 Å². The van der Waals surface area contributed by atoms with Gasteiger partial charge in [0.1, 0.15) is 6.61 Å². The Kier molecular flexibility index (Phi) is 6.03. The average molecular weight is 308 g/mol. The molecule has 0 spiro atoms. The Balaban J connectivity index is 2.03. The van der Waals surface area contributed by atoms with Crippen LogP contribution in [0.2, 0.25) is 5.02 Å². The van der Waals surface area contributed by atoms with Gasteiger partial charge in [0.15, 0.2) is 11.6 Å². The summed E-state index contributed by atoms with van der Waals surface area (Å²) in [6, 6.07) is 12.9. The molecule has 0 bridgehead atoms. The van der Waals surface area contributed by atoms with Gasteiger partial charge in [0.05, 0.1) is 5.02 Å². The predicted octanol–water partition coefficient (Wildman–Crippen LogP) is 4.34. The van der Waals surface area contributed by atoms with Gasteiger partial charge in [0.2, 0.25) is 0 Å². The first-order valence-electron chi connectivity index (χ1n) is 7.05.